The summed E-state index contributed by atoms with van der Waals surface area (Å²) in [6, 6.07) is 16.7. The van der Waals surface area contributed by atoms with Crippen LogP contribution in [-0.2, 0) is 26.2 Å². The molecule has 3 aromatic rings. The molecule has 0 saturated carbocycles. The number of halogens is 2. The molecule has 41 heavy (non-hydrogen) atoms. The maximum atomic E-state index is 14.1. The number of rotatable bonds is 12. The lowest BCUT2D eigenvalue weighted by Gasteiger charge is -2.33. The maximum Gasteiger partial charge on any atom is 0.264 e. The van der Waals surface area contributed by atoms with Crippen LogP contribution in [0.3, 0.4) is 0 Å². The number of carbonyl (C=O) groups is 2. The number of sulfonamides is 1. The summed E-state index contributed by atoms with van der Waals surface area (Å²) in [4.78, 5) is 28.6. The molecule has 2 atom stereocenters. The zero-order valence-electron chi connectivity index (χ0n) is 23.7. The first-order valence-electron chi connectivity index (χ1n) is 13.1. The van der Waals surface area contributed by atoms with Gasteiger partial charge in [-0.1, -0.05) is 60.5 Å². The minimum atomic E-state index is -4.23. The Morgan fingerprint density at radius 3 is 2.29 bits per heavy atom. The lowest BCUT2D eigenvalue weighted by atomic mass is 10.1. The van der Waals surface area contributed by atoms with E-state index in [0.717, 1.165) is 9.87 Å². The van der Waals surface area contributed by atoms with Gasteiger partial charge in [-0.2, -0.15) is 0 Å². The van der Waals surface area contributed by atoms with Gasteiger partial charge in [0.2, 0.25) is 11.8 Å². The van der Waals surface area contributed by atoms with Crippen LogP contribution in [0.1, 0.15) is 38.3 Å². The Morgan fingerprint density at radius 1 is 1.00 bits per heavy atom. The summed E-state index contributed by atoms with van der Waals surface area (Å²) in [6.07, 6.45) is 0.700. The summed E-state index contributed by atoms with van der Waals surface area (Å²) < 4.78 is 34.5. The van der Waals surface area contributed by atoms with Crippen molar-refractivity contribution in [1.82, 2.24) is 10.2 Å². The lowest BCUT2D eigenvalue weighted by molar-refractivity contribution is -0.139. The highest BCUT2D eigenvalue weighted by atomic mass is 35.5. The number of carbonyl (C=O) groups excluding carboxylic acids is 2. The predicted molar refractivity (Wildman–Crippen MR) is 163 cm³/mol. The number of aryl methyl sites for hydroxylation is 1. The predicted octanol–water partition coefficient (Wildman–Crippen LogP) is 5.84. The van der Waals surface area contributed by atoms with Gasteiger partial charge in [0, 0.05) is 22.6 Å². The van der Waals surface area contributed by atoms with Gasteiger partial charge in [-0.25, -0.2) is 8.42 Å². The van der Waals surface area contributed by atoms with E-state index < -0.39 is 28.5 Å². The number of ether oxygens (including phenoxy) is 1. The van der Waals surface area contributed by atoms with Gasteiger partial charge < -0.3 is 15.0 Å². The van der Waals surface area contributed by atoms with Crippen LogP contribution < -0.4 is 14.4 Å². The Morgan fingerprint density at radius 2 is 1.68 bits per heavy atom. The topological polar surface area (TPSA) is 96.0 Å². The highest BCUT2D eigenvalue weighted by Gasteiger charge is 2.34. The average molecular weight is 621 g/mol. The van der Waals surface area contributed by atoms with Gasteiger partial charge in [-0.15, -0.1) is 0 Å². The van der Waals surface area contributed by atoms with Gasteiger partial charge in [0.05, 0.1) is 17.7 Å². The molecule has 0 fully saturated rings. The number of amides is 2. The fraction of sp³-hybridized carbons (Fsp3) is 0.333. The van der Waals surface area contributed by atoms with Crippen molar-refractivity contribution >= 4 is 50.7 Å². The number of hydrogen-bond donors (Lipinski definition) is 1. The normalized spacial score (nSPS) is 12.8. The third-order valence-corrected chi connectivity index (χ3v) is 9.10. The van der Waals surface area contributed by atoms with Crippen LogP contribution in [0, 0.1) is 6.92 Å². The third kappa shape index (κ3) is 7.93. The molecule has 0 radical (unpaired) electrons. The van der Waals surface area contributed by atoms with Gasteiger partial charge in [0.1, 0.15) is 18.3 Å². The van der Waals surface area contributed by atoms with E-state index in [1.165, 1.54) is 24.1 Å². The molecular formula is C30H35Cl2N3O5S. The van der Waals surface area contributed by atoms with Gasteiger partial charge in [-0.05, 0) is 74.7 Å². The van der Waals surface area contributed by atoms with Crippen LogP contribution in [-0.4, -0.2) is 50.9 Å². The molecule has 0 heterocycles. The maximum absolute atomic E-state index is 14.1. The van der Waals surface area contributed by atoms with Crippen molar-refractivity contribution in [2.45, 2.75) is 57.6 Å². The van der Waals surface area contributed by atoms with Crippen molar-refractivity contribution in [1.29, 1.82) is 0 Å². The summed E-state index contributed by atoms with van der Waals surface area (Å²) >= 11 is 12.5. The standard InChI is InChI=1S/C30H35Cl2N3O5S/c1-6-21(3)33-30(37)22(4)34(18-23-13-14-24(31)17-26(23)32)29(36)19-35(27-16-20(2)12-15-28(27)40-5)41(38,39)25-10-8-7-9-11-25/h7-17,21-22H,6,18-19H2,1-5H3,(H,33,37). The molecule has 2 amide bonds. The molecule has 0 aliphatic carbocycles. The van der Waals surface area contributed by atoms with Crippen LogP contribution >= 0.6 is 23.2 Å². The Hall–Kier alpha value is -3.27. The van der Waals surface area contributed by atoms with Crippen molar-refractivity contribution in [2.75, 3.05) is 18.0 Å². The van der Waals surface area contributed by atoms with E-state index >= 15 is 0 Å². The van der Waals surface area contributed by atoms with Crippen molar-refractivity contribution in [3.8, 4) is 5.75 Å². The molecule has 3 aromatic carbocycles. The van der Waals surface area contributed by atoms with Crippen LogP contribution in [0.4, 0.5) is 5.69 Å². The summed E-state index contributed by atoms with van der Waals surface area (Å²) in [6.45, 7) is 6.58. The quantitative estimate of drug-likeness (QED) is 0.275. The molecule has 0 saturated heterocycles. The summed E-state index contributed by atoms with van der Waals surface area (Å²) in [5.74, 6) is -0.702. The largest absolute Gasteiger partial charge is 0.495 e. The summed E-state index contributed by atoms with van der Waals surface area (Å²) in [5, 5.41) is 3.64. The van der Waals surface area contributed by atoms with Gasteiger partial charge >= 0.3 is 0 Å². The smallest absolute Gasteiger partial charge is 0.264 e. The molecule has 2 unspecified atom stereocenters. The Labute approximate surface area is 252 Å². The van der Waals surface area contributed by atoms with E-state index in [9.17, 15) is 18.0 Å². The second-order valence-corrected chi connectivity index (χ2v) is 12.5. The molecular weight excluding hydrogens is 585 g/mol. The van der Waals surface area contributed by atoms with Crippen molar-refractivity contribution in [2.24, 2.45) is 0 Å². The first-order chi connectivity index (χ1) is 19.4. The van der Waals surface area contributed by atoms with E-state index in [-0.39, 0.29) is 34.8 Å². The Bertz CT molecular complexity index is 1480. The average Bonchev–Trinajstić information content (AvgIpc) is 2.95. The van der Waals surface area contributed by atoms with Crippen LogP contribution in [0.25, 0.3) is 0 Å². The molecule has 3 rings (SSSR count). The minimum Gasteiger partial charge on any atom is -0.495 e. The molecule has 8 nitrogen and oxygen atoms in total. The monoisotopic (exact) mass is 619 g/mol. The molecule has 1 N–H and O–H groups in total. The number of benzene rings is 3. The SMILES string of the molecule is CCC(C)NC(=O)C(C)N(Cc1ccc(Cl)cc1Cl)C(=O)CN(c1cc(C)ccc1OC)S(=O)(=O)c1ccccc1. The van der Waals surface area contributed by atoms with Gasteiger partial charge in [0.15, 0.2) is 0 Å². The van der Waals surface area contributed by atoms with E-state index in [0.29, 0.717) is 22.0 Å². The first kappa shape index (κ1) is 32.2. The number of methoxy groups -OCH3 is 1. The number of nitrogens with one attached hydrogen (secondary N) is 1. The molecule has 0 aliphatic rings. The number of nitrogens with zero attached hydrogens (tertiary/aromatic N) is 2. The van der Waals surface area contributed by atoms with E-state index in [4.69, 9.17) is 27.9 Å². The second-order valence-electron chi connectivity index (χ2n) is 9.75. The molecule has 220 valence electrons. The fourth-order valence-electron chi connectivity index (χ4n) is 4.11. The zero-order chi connectivity index (χ0) is 30.3. The van der Waals surface area contributed by atoms with Gasteiger partial charge in [0.25, 0.3) is 10.0 Å². The molecule has 0 aromatic heterocycles. The molecule has 0 aliphatic heterocycles. The Kier molecular flexibility index (Phi) is 11.1. The third-order valence-electron chi connectivity index (χ3n) is 6.74. The fourth-order valence-corrected chi connectivity index (χ4v) is 6.02. The zero-order valence-corrected chi connectivity index (χ0v) is 26.1. The van der Waals surface area contributed by atoms with Crippen molar-refractivity contribution < 1.29 is 22.7 Å². The molecule has 0 spiro atoms. The summed E-state index contributed by atoms with van der Waals surface area (Å²) in [7, 11) is -2.80. The summed E-state index contributed by atoms with van der Waals surface area (Å²) in [5.41, 5.74) is 1.52. The second kappa shape index (κ2) is 14.1. The minimum absolute atomic E-state index is 0.00576. The van der Waals surface area contributed by atoms with Crippen LogP contribution in [0.15, 0.2) is 71.6 Å². The Balaban J connectivity index is 2.10. The number of anilines is 1. The van der Waals surface area contributed by atoms with Crippen LogP contribution in [0.5, 0.6) is 5.75 Å². The highest BCUT2D eigenvalue weighted by Crippen LogP contribution is 2.34. The van der Waals surface area contributed by atoms with E-state index in [1.807, 2.05) is 20.8 Å². The van der Waals surface area contributed by atoms with Gasteiger partial charge in [-0.3, -0.25) is 13.9 Å². The highest BCUT2D eigenvalue weighted by molar-refractivity contribution is 7.92. The molecule has 11 heteroatoms. The van der Waals surface area contributed by atoms with Crippen molar-refractivity contribution in [3.05, 3.63) is 87.9 Å². The first-order valence-corrected chi connectivity index (χ1v) is 15.3. The lowest BCUT2D eigenvalue weighted by Crippen LogP contribution is -2.52. The molecule has 0 bridgehead atoms. The van der Waals surface area contributed by atoms with E-state index in [1.54, 1.807) is 61.5 Å². The van der Waals surface area contributed by atoms with Crippen LogP contribution in [0.2, 0.25) is 10.0 Å². The number of hydrogen-bond acceptors (Lipinski definition) is 5. The van der Waals surface area contributed by atoms with Crippen molar-refractivity contribution in [3.63, 3.8) is 0 Å². The van der Waals surface area contributed by atoms with E-state index in [2.05, 4.69) is 5.32 Å².